The van der Waals surface area contributed by atoms with Gasteiger partial charge in [-0.2, -0.15) is 0 Å². The van der Waals surface area contributed by atoms with E-state index in [4.69, 9.17) is 0 Å². The number of carbonyl (C=O) groups is 2. The molecule has 1 heterocycles. The molecule has 1 N–H and O–H groups in total. The van der Waals surface area contributed by atoms with Crippen LogP contribution in [0.2, 0.25) is 0 Å². The van der Waals surface area contributed by atoms with Crippen molar-refractivity contribution in [1.82, 2.24) is 5.32 Å². The van der Waals surface area contributed by atoms with Gasteiger partial charge in [0.1, 0.15) is 0 Å². The topological polar surface area (TPSA) is 46.2 Å². The third kappa shape index (κ3) is 2.61. The molecule has 3 nitrogen and oxygen atoms in total. The van der Waals surface area contributed by atoms with Gasteiger partial charge in [-0.05, 0) is 36.3 Å². The summed E-state index contributed by atoms with van der Waals surface area (Å²) in [5.74, 6) is 0.241. The van der Waals surface area contributed by atoms with E-state index < -0.39 is 0 Å². The monoisotopic (exact) mass is 285 g/mol. The van der Waals surface area contributed by atoms with Crippen molar-refractivity contribution >= 4 is 11.7 Å². The Balaban J connectivity index is 1.91. The molecule has 1 aromatic carbocycles. The first-order chi connectivity index (χ1) is 9.99. The standard InChI is InChI=1S/C18H23NO2/c1-18(2)9-4-3-5-15(18)16(20)13-7-6-12-8-10-19-17(21)14(12)11-13/h6-7,11,15H,3-5,8-10H2,1-2H3,(H,19,21). The molecule has 1 atom stereocenters. The van der Waals surface area contributed by atoms with E-state index in [1.807, 2.05) is 12.1 Å². The second kappa shape index (κ2) is 5.28. The smallest absolute Gasteiger partial charge is 0.251 e. The number of hydrogen-bond acceptors (Lipinski definition) is 2. The van der Waals surface area contributed by atoms with Crippen LogP contribution in [0.25, 0.3) is 0 Å². The van der Waals surface area contributed by atoms with Crippen molar-refractivity contribution in [2.24, 2.45) is 11.3 Å². The zero-order valence-corrected chi connectivity index (χ0v) is 12.9. The Hall–Kier alpha value is -1.64. The molecule has 21 heavy (non-hydrogen) atoms. The van der Waals surface area contributed by atoms with Crippen LogP contribution >= 0.6 is 0 Å². The van der Waals surface area contributed by atoms with Crippen molar-refractivity contribution in [3.05, 3.63) is 34.9 Å². The van der Waals surface area contributed by atoms with Crippen LogP contribution in [0.3, 0.4) is 0 Å². The van der Waals surface area contributed by atoms with Crippen molar-refractivity contribution in [3.63, 3.8) is 0 Å². The largest absolute Gasteiger partial charge is 0.352 e. The molecule has 1 fully saturated rings. The van der Waals surface area contributed by atoms with E-state index in [0.717, 1.165) is 31.2 Å². The minimum Gasteiger partial charge on any atom is -0.352 e. The second-order valence-corrected chi connectivity index (χ2v) is 7.03. The first-order valence-corrected chi connectivity index (χ1v) is 7.94. The zero-order chi connectivity index (χ0) is 15.0. The van der Waals surface area contributed by atoms with Gasteiger partial charge in [0, 0.05) is 23.6 Å². The van der Waals surface area contributed by atoms with E-state index >= 15 is 0 Å². The first-order valence-electron chi connectivity index (χ1n) is 7.94. The Morgan fingerprint density at radius 1 is 1.29 bits per heavy atom. The van der Waals surface area contributed by atoms with E-state index in [-0.39, 0.29) is 23.0 Å². The maximum Gasteiger partial charge on any atom is 0.251 e. The predicted octanol–water partition coefficient (Wildman–Crippen LogP) is 3.37. The minimum absolute atomic E-state index is 0.0474. The van der Waals surface area contributed by atoms with Crippen LogP contribution in [0.5, 0.6) is 0 Å². The Morgan fingerprint density at radius 3 is 2.86 bits per heavy atom. The molecular weight excluding hydrogens is 262 g/mol. The lowest BCUT2D eigenvalue weighted by Gasteiger charge is -2.37. The van der Waals surface area contributed by atoms with Gasteiger partial charge in [0.05, 0.1) is 0 Å². The average Bonchev–Trinajstić information content (AvgIpc) is 2.46. The number of ketones is 1. The molecule has 1 amide bonds. The lowest BCUT2D eigenvalue weighted by molar-refractivity contribution is 0.0697. The van der Waals surface area contributed by atoms with E-state index in [2.05, 4.69) is 19.2 Å². The van der Waals surface area contributed by atoms with E-state index in [1.165, 1.54) is 6.42 Å². The summed E-state index contributed by atoms with van der Waals surface area (Å²) in [6.07, 6.45) is 5.27. The SMILES string of the molecule is CC1(C)CCCCC1C(=O)c1ccc2c(c1)C(=O)NCC2. The van der Waals surface area contributed by atoms with Gasteiger partial charge < -0.3 is 5.32 Å². The fraction of sp³-hybridized carbons (Fsp3) is 0.556. The lowest BCUT2D eigenvalue weighted by Crippen LogP contribution is -2.35. The van der Waals surface area contributed by atoms with Crippen LogP contribution in [-0.2, 0) is 6.42 Å². The Kier molecular flexibility index (Phi) is 3.60. The summed E-state index contributed by atoms with van der Waals surface area (Å²) in [5.41, 5.74) is 2.50. The van der Waals surface area contributed by atoms with Gasteiger partial charge in [-0.1, -0.05) is 38.8 Å². The minimum atomic E-state index is -0.0474. The fourth-order valence-electron chi connectivity index (χ4n) is 3.75. The molecule has 1 aliphatic carbocycles. The van der Waals surface area contributed by atoms with Crippen LogP contribution < -0.4 is 5.32 Å². The molecular formula is C18H23NO2. The fourth-order valence-corrected chi connectivity index (χ4v) is 3.75. The quantitative estimate of drug-likeness (QED) is 0.847. The van der Waals surface area contributed by atoms with Crippen LogP contribution in [0, 0.1) is 11.3 Å². The molecule has 1 saturated carbocycles. The first kappa shape index (κ1) is 14.3. The molecule has 0 aromatic heterocycles. The van der Waals surface area contributed by atoms with E-state index in [1.54, 1.807) is 6.07 Å². The molecule has 2 aliphatic rings. The third-order valence-corrected chi connectivity index (χ3v) is 5.14. The zero-order valence-electron chi connectivity index (χ0n) is 12.9. The van der Waals surface area contributed by atoms with Gasteiger partial charge in [-0.3, -0.25) is 9.59 Å². The second-order valence-electron chi connectivity index (χ2n) is 7.03. The maximum atomic E-state index is 12.9. The van der Waals surface area contributed by atoms with Crippen LogP contribution in [0.15, 0.2) is 18.2 Å². The molecule has 0 radical (unpaired) electrons. The van der Waals surface area contributed by atoms with Crippen molar-refractivity contribution in [1.29, 1.82) is 0 Å². The molecule has 0 spiro atoms. The predicted molar refractivity (Wildman–Crippen MR) is 82.5 cm³/mol. The highest BCUT2D eigenvalue weighted by Gasteiger charge is 2.37. The van der Waals surface area contributed by atoms with Crippen molar-refractivity contribution in [2.75, 3.05) is 6.54 Å². The van der Waals surface area contributed by atoms with E-state index in [0.29, 0.717) is 17.7 Å². The highest BCUT2D eigenvalue weighted by atomic mass is 16.1. The maximum absolute atomic E-state index is 12.9. The Morgan fingerprint density at radius 2 is 2.10 bits per heavy atom. The number of fused-ring (bicyclic) bond motifs is 1. The normalized spacial score (nSPS) is 24.1. The lowest BCUT2D eigenvalue weighted by atomic mass is 9.66. The van der Waals surface area contributed by atoms with Crippen LogP contribution in [-0.4, -0.2) is 18.2 Å². The molecule has 0 saturated heterocycles. The molecule has 3 rings (SSSR count). The molecule has 0 bridgehead atoms. The molecule has 1 unspecified atom stereocenters. The van der Waals surface area contributed by atoms with Crippen molar-refractivity contribution in [2.45, 2.75) is 46.0 Å². The molecule has 3 heteroatoms. The van der Waals surface area contributed by atoms with Gasteiger partial charge in [0.2, 0.25) is 0 Å². The van der Waals surface area contributed by atoms with Gasteiger partial charge in [-0.15, -0.1) is 0 Å². The van der Waals surface area contributed by atoms with Gasteiger partial charge >= 0.3 is 0 Å². The van der Waals surface area contributed by atoms with Gasteiger partial charge in [0.15, 0.2) is 5.78 Å². The highest BCUT2D eigenvalue weighted by molar-refractivity contribution is 6.03. The number of nitrogens with one attached hydrogen (secondary N) is 1. The number of carbonyl (C=O) groups excluding carboxylic acids is 2. The third-order valence-electron chi connectivity index (χ3n) is 5.14. The van der Waals surface area contributed by atoms with Gasteiger partial charge in [0.25, 0.3) is 5.91 Å². The summed E-state index contributed by atoms with van der Waals surface area (Å²) in [4.78, 5) is 24.8. The summed E-state index contributed by atoms with van der Waals surface area (Å²) in [7, 11) is 0. The number of amides is 1. The Labute approximate surface area is 126 Å². The summed E-state index contributed by atoms with van der Waals surface area (Å²) >= 11 is 0. The molecule has 112 valence electrons. The Bertz CT molecular complexity index is 589. The average molecular weight is 285 g/mol. The summed E-state index contributed by atoms with van der Waals surface area (Å²) in [6, 6.07) is 5.67. The summed E-state index contributed by atoms with van der Waals surface area (Å²) in [6.45, 7) is 5.08. The number of Topliss-reactive ketones (excluding diaryl/α,β-unsaturated/α-hetero) is 1. The highest BCUT2D eigenvalue weighted by Crippen LogP contribution is 2.42. The van der Waals surface area contributed by atoms with Crippen LogP contribution in [0.1, 0.15) is 65.8 Å². The van der Waals surface area contributed by atoms with Crippen molar-refractivity contribution < 1.29 is 9.59 Å². The van der Waals surface area contributed by atoms with E-state index in [9.17, 15) is 9.59 Å². The summed E-state index contributed by atoms with van der Waals surface area (Å²) in [5, 5.41) is 2.85. The number of benzene rings is 1. The number of rotatable bonds is 2. The number of hydrogen-bond donors (Lipinski definition) is 1. The summed E-state index contributed by atoms with van der Waals surface area (Å²) < 4.78 is 0. The molecule has 1 aromatic rings. The molecule has 1 aliphatic heterocycles. The van der Waals surface area contributed by atoms with Crippen molar-refractivity contribution in [3.8, 4) is 0 Å². The van der Waals surface area contributed by atoms with Crippen LogP contribution in [0.4, 0.5) is 0 Å². The van der Waals surface area contributed by atoms with Gasteiger partial charge in [-0.25, -0.2) is 0 Å².